The zero-order valence-corrected chi connectivity index (χ0v) is 20.1. The van der Waals surface area contributed by atoms with Crippen LogP contribution in [-0.2, 0) is 16.4 Å². The summed E-state index contributed by atoms with van der Waals surface area (Å²) in [6.07, 6.45) is 0.440. The van der Waals surface area contributed by atoms with Crippen LogP contribution in [-0.4, -0.2) is 39.2 Å². The van der Waals surface area contributed by atoms with Crippen molar-refractivity contribution in [2.75, 3.05) is 20.8 Å². The molecular weight excluding hydrogens is 450 g/mol. The lowest BCUT2D eigenvalue weighted by Gasteiger charge is -2.08. The molecule has 0 spiro atoms. The number of rotatable bonds is 9. The van der Waals surface area contributed by atoms with E-state index < -0.39 is 10.0 Å². The van der Waals surface area contributed by atoms with Crippen molar-refractivity contribution < 1.29 is 17.9 Å². The molecule has 8 heteroatoms. The molecule has 0 bridgehead atoms. The maximum Gasteiger partial charge on any atom is 0.240 e. The average Bonchev–Trinajstić information content (AvgIpc) is 3.28. The summed E-state index contributed by atoms with van der Waals surface area (Å²) in [6, 6.07) is 22.0. The SMILES string of the molecule is COc1ccc(-c2nc(-c3ccc(OC)cc3)c(CCNS(=O)(=O)c3ccc(C)cc3)[nH]2)cc1. The molecule has 2 N–H and O–H groups in total. The Hall–Kier alpha value is -3.62. The van der Waals surface area contributed by atoms with Crippen LogP contribution >= 0.6 is 0 Å². The summed E-state index contributed by atoms with van der Waals surface area (Å²) in [6.45, 7) is 2.15. The van der Waals surface area contributed by atoms with E-state index in [1.54, 1.807) is 38.5 Å². The topological polar surface area (TPSA) is 93.3 Å². The highest BCUT2D eigenvalue weighted by molar-refractivity contribution is 7.89. The Morgan fingerprint density at radius 1 is 0.824 bits per heavy atom. The third kappa shape index (κ3) is 5.30. The first-order valence-electron chi connectivity index (χ1n) is 10.8. The van der Waals surface area contributed by atoms with Crippen molar-refractivity contribution in [3.63, 3.8) is 0 Å². The van der Waals surface area contributed by atoms with Crippen molar-refractivity contribution in [3.05, 3.63) is 84.1 Å². The van der Waals surface area contributed by atoms with E-state index in [0.29, 0.717) is 12.2 Å². The van der Waals surface area contributed by atoms with Gasteiger partial charge in [-0.2, -0.15) is 0 Å². The van der Waals surface area contributed by atoms with E-state index >= 15 is 0 Å². The van der Waals surface area contributed by atoms with Gasteiger partial charge < -0.3 is 14.5 Å². The number of hydrogen-bond acceptors (Lipinski definition) is 5. The number of nitrogens with zero attached hydrogens (tertiary/aromatic N) is 1. The van der Waals surface area contributed by atoms with Crippen molar-refractivity contribution >= 4 is 10.0 Å². The third-order valence-corrected chi connectivity index (χ3v) is 6.98. The fourth-order valence-electron chi connectivity index (χ4n) is 3.57. The number of aromatic nitrogens is 2. The van der Waals surface area contributed by atoms with Gasteiger partial charge in [-0.15, -0.1) is 0 Å². The van der Waals surface area contributed by atoms with Crippen LogP contribution in [0.25, 0.3) is 22.6 Å². The van der Waals surface area contributed by atoms with Gasteiger partial charge in [0.1, 0.15) is 17.3 Å². The monoisotopic (exact) mass is 477 g/mol. The van der Waals surface area contributed by atoms with E-state index in [9.17, 15) is 8.42 Å². The van der Waals surface area contributed by atoms with E-state index in [-0.39, 0.29) is 11.4 Å². The molecule has 4 rings (SSSR count). The largest absolute Gasteiger partial charge is 0.497 e. The van der Waals surface area contributed by atoms with Crippen LogP contribution in [0, 0.1) is 6.92 Å². The predicted octanol–water partition coefficient (Wildman–Crippen LogP) is 4.59. The van der Waals surface area contributed by atoms with Crippen molar-refractivity contribution in [1.82, 2.24) is 14.7 Å². The summed E-state index contributed by atoms with van der Waals surface area (Å²) in [5.41, 5.74) is 4.42. The minimum atomic E-state index is -3.60. The van der Waals surface area contributed by atoms with E-state index in [0.717, 1.165) is 39.6 Å². The zero-order chi connectivity index (χ0) is 24.1. The van der Waals surface area contributed by atoms with Gasteiger partial charge in [-0.05, 0) is 67.6 Å². The number of hydrogen-bond donors (Lipinski definition) is 2. The molecule has 34 heavy (non-hydrogen) atoms. The third-order valence-electron chi connectivity index (χ3n) is 5.50. The molecule has 4 aromatic rings. The predicted molar refractivity (Wildman–Crippen MR) is 133 cm³/mol. The smallest absolute Gasteiger partial charge is 0.240 e. The molecule has 0 atom stereocenters. The van der Waals surface area contributed by atoms with E-state index in [1.807, 2.05) is 55.5 Å². The van der Waals surface area contributed by atoms with Crippen LogP contribution in [0.1, 0.15) is 11.3 Å². The van der Waals surface area contributed by atoms with Crippen molar-refractivity contribution in [1.29, 1.82) is 0 Å². The second kappa shape index (κ2) is 10.1. The minimum Gasteiger partial charge on any atom is -0.497 e. The van der Waals surface area contributed by atoms with E-state index in [2.05, 4.69) is 9.71 Å². The van der Waals surface area contributed by atoms with Gasteiger partial charge >= 0.3 is 0 Å². The fourth-order valence-corrected chi connectivity index (χ4v) is 4.61. The fraction of sp³-hybridized carbons (Fsp3) is 0.192. The van der Waals surface area contributed by atoms with Crippen LogP contribution in [0.3, 0.4) is 0 Å². The Labute approximate surface area is 199 Å². The van der Waals surface area contributed by atoms with Gasteiger partial charge in [-0.3, -0.25) is 0 Å². The second-order valence-corrected chi connectivity index (χ2v) is 9.60. The number of ether oxygens (including phenoxy) is 2. The molecule has 176 valence electrons. The van der Waals surface area contributed by atoms with Gasteiger partial charge in [0, 0.05) is 29.8 Å². The Morgan fingerprint density at radius 3 is 1.94 bits per heavy atom. The minimum absolute atomic E-state index is 0.226. The van der Waals surface area contributed by atoms with Gasteiger partial charge in [0.25, 0.3) is 0 Å². The van der Waals surface area contributed by atoms with Crippen LogP contribution in [0.5, 0.6) is 11.5 Å². The molecule has 0 saturated carbocycles. The molecule has 0 aliphatic heterocycles. The van der Waals surface area contributed by atoms with Gasteiger partial charge in [-0.25, -0.2) is 18.1 Å². The molecule has 1 heterocycles. The van der Waals surface area contributed by atoms with Gasteiger partial charge in [0.05, 0.1) is 24.8 Å². The summed E-state index contributed by atoms with van der Waals surface area (Å²) < 4.78 is 38.6. The maximum absolute atomic E-state index is 12.7. The highest BCUT2D eigenvalue weighted by Gasteiger charge is 2.17. The first-order valence-corrected chi connectivity index (χ1v) is 12.3. The lowest BCUT2D eigenvalue weighted by Crippen LogP contribution is -2.26. The number of aryl methyl sites for hydroxylation is 1. The van der Waals surface area contributed by atoms with Gasteiger partial charge in [0.15, 0.2) is 0 Å². The lowest BCUT2D eigenvalue weighted by atomic mass is 10.1. The van der Waals surface area contributed by atoms with Crippen LogP contribution in [0.2, 0.25) is 0 Å². The first kappa shape index (κ1) is 23.5. The molecule has 1 aromatic heterocycles. The summed E-state index contributed by atoms with van der Waals surface area (Å²) in [7, 11) is -0.355. The maximum atomic E-state index is 12.7. The number of benzene rings is 3. The highest BCUT2D eigenvalue weighted by Crippen LogP contribution is 2.29. The number of sulfonamides is 1. The molecular formula is C26H27N3O4S. The van der Waals surface area contributed by atoms with Crippen molar-refractivity contribution in [2.45, 2.75) is 18.2 Å². The molecule has 0 fully saturated rings. The molecule has 0 saturated heterocycles. The number of nitrogens with one attached hydrogen (secondary N) is 2. The summed E-state index contributed by atoms with van der Waals surface area (Å²) in [4.78, 5) is 8.46. The number of methoxy groups -OCH3 is 2. The summed E-state index contributed by atoms with van der Waals surface area (Å²) in [5.74, 6) is 2.21. The van der Waals surface area contributed by atoms with E-state index in [1.165, 1.54) is 0 Å². The van der Waals surface area contributed by atoms with Gasteiger partial charge in [-0.1, -0.05) is 17.7 Å². The van der Waals surface area contributed by atoms with E-state index in [4.69, 9.17) is 14.5 Å². The molecule has 7 nitrogen and oxygen atoms in total. The number of aromatic amines is 1. The first-order chi connectivity index (χ1) is 16.4. The number of H-pyrrole nitrogens is 1. The Bertz CT molecular complexity index is 1340. The van der Waals surface area contributed by atoms with Crippen molar-refractivity contribution in [3.8, 4) is 34.1 Å². The molecule has 3 aromatic carbocycles. The van der Waals surface area contributed by atoms with Crippen LogP contribution in [0.4, 0.5) is 0 Å². The molecule has 0 amide bonds. The normalized spacial score (nSPS) is 11.4. The standard InChI is InChI=1S/C26H27N3O4S/c1-18-4-14-23(15-5-18)34(30,31)27-17-16-24-25(19-6-10-21(32-2)11-7-19)29-26(28-24)20-8-12-22(33-3)13-9-20/h4-15,27H,16-17H2,1-3H3,(H,28,29). The summed E-state index contributed by atoms with van der Waals surface area (Å²) in [5, 5.41) is 0. The highest BCUT2D eigenvalue weighted by atomic mass is 32.2. The molecule has 0 radical (unpaired) electrons. The molecule has 0 aliphatic rings. The Kier molecular flexibility index (Phi) is 7.00. The second-order valence-electron chi connectivity index (χ2n) is 7.83. The van der Waals surface area contributed by atoms with Crippen molar-refractivity contribution in [2.24, 2.45) is 0 Å². The number of imidazole rings is 1. The molecule has 0 aliphatic carbocycles. The quantitative estimate of drug-likeness (QED) is 0.368. The summed E-state index contributed by atoms with van der Waals surface area (Å²) >= 11 is 0. The zero-order valence-electron chi connectivity index (χ0n) is 19.3. The van der Waals surface area contributed by atoms with Gasteiger partial charge in [0.2, 0.25) is 10.0 Å². The van der Waals surface area contributed by atoms with Crippen LogP contribution in [0.15, 0.2) is 77.7 Å². The van der Waals surface area contributed by atoms with Crippen LogP contribution < -0.4 is 14.2 Å². The Morgan fingerprint density at radius 2 is 1.38 bits per heavy atom. The lowest BCUT2D eigenvalue weighted by molar-refractivity contribution is 0.415. The molecule has 0 unspecified atom stereocenters. The Balaban J connectivity index is 1.60. The average molecular weight is 478 g/mol.